The number of fused-ring (bicyclic) bond motifs is 2. The van der Waals surface area contributed by atoms with Gasteiger partial charge in [0.15, 0.2) is 5.78 Å². The van der Waals surface area contributed by atoms with Gasteiger partial charge in [0.25, 0.3) is 0 Å². The van der Waals surface area contributed by atoms with Crippen molar-refractivity contribution in [3.63, 3.8) is 0 Å². The van der Waals surface area contributed by atoms with Crippen molar-refractivity contribution in [3.8, 4) is 0 Å². The van der Waals surface area contributed by atoms with Crippen LogP contribution in [0.2, 0.25) is 0 Å². The number of ketones is 1. The molecule has 3 aliphatic rings. The third-order valence-corrected chi connectivity index (χ3v) is 9.41. The number of aliphatic hydroxyl groups is 1. The highest BCUT2D eigenvalue weighted by atomic mass is 16.5. The van der Waals surface area contributed by atoms with Crippen LogP contribution in [0.5, 0.6) is 0 Å². The van der Waals surface area contributed by atoms with Crippen LogP contribution in [-0.2, 0) is 9.53 Å². The standard InChI is InChI=1S/C40H54O3/c1-28(17-13-19-30(3)21-22-35-32(5)25-34(41)26-38(35,7)8)15-11-12-16-29(2)18-14-20-31(4)23-24-40-33(6)37(42)36(43-40)27-39(40,9)10/h11-25,33-36,41H,26-27H2,1-10H3/b12-11+,17-13+,18-14+,22-21+,24-23+,28-15+,29-16+,30-19+,31-20+/t33-,34-,35-,36-,40-/m0/s1. The fourth-order valence-electron chi connectivity index (χ4n) is 6.81. The lowest BCUT2D eigenvalue weighted by atomic mass is 9.62. The van der Waals surface area contributed by atoms with Gasteiger partial charge in [-0.3, -0.25) is 4.79 Å². The predicted octanol–water partition coefficient (Wildman–Crippen LogP) is 9.68. The third-order valence-electron chi connectivity index (χ3n) is 9.41. The molecule has 1 aliphatic carbocycles. The number of Topliss-reactive ketones (excluding diaryl/α,β-unsaturated/α-hetero) is 1. The van der Waals surface area contributed by atoms with Gasteiger partial charge in [-0.2, -0.15) is 0 Å². The highest BCUT2D eigenvalue weighted by Crippen LogP contribution is 2.57. The molecular weight excluding hydrogens is 528 g/mol. The molecule has 0 amide bonds. The Balaban J connectivity index is 1.51. The van der Waals surface area contributed by atoms with E-state index in [1.54, 1.807) is 0 Å². The summed E-state index contributed by atoms with van der Waals surface area (Å²) in [5, 5.41) is 10.1. The van der Waals surface area contributed by atoms with Crippen LogP contribution in [0, 0.1) is 22.7 Å². The molecule has 5 atom stereocenters. The molecule has 3 rings (SSSR count). The Labute approximate surface area is 261 Å². The SMILES string of the molecule is CC1=C[C@H](O)CC(C)(C)[C@H]1/C=C/C(C)=C/C=C/C(C)=C/C=C/C=C(C)/C=C/C=C(C)/C=C/[C@@]12O[C@@H](CC1(C)C)C(=O)[C@@H]2C. The molecule has 2 bridgehead atoms. The van der Waals surface area contributed by atoms with Gasteiger partial charge in [-0.25, -0.2) is 0 Å². The number of hydrogen-bond acceptors (Lipinski definition) is 3. The van der Waals surface area contributed by atoms with Crippen molar-refractivity contribution in [2.24, 2.45) is 22.7 Å². The van der Waals surface area contributed by atoms with Gasteiger partial charge >= 0.3 is 0 Å². The summed E-state index contributed by atoms with van der Waals surface area (Å²) >= 11 is 0. The summed E-state index contributed by atoms with van der Waals surface area (Å²) in [6, 6.07) is 0. The first-order valence-corrected chi connectivity index (χ1v) is 15.7. The van der Waals surface area contributed by atoms with E-state index in [9.17, 15) is 9.90 Å². The molecule has 2 saturated heterocycles. The second-order valence-corrected chi connectivity index (χ2v) is 14.2. The zero-order valence-corrected chi connectivity index (χ0v) is 28.1. The van der Waals surface area contributed by atoms with Crippen LogP contribution in [-0.4, -0.2) is 28.7 Å². The van der Waals surface area contributed by atoms with Gasteiger partial charge < -0.3 is 9.84 Å². The lowest BCUT2D eigenvalue weighted by Gasteiger charge is -2.40. The van der Waals surface area contributed by atoms with Crippen LogP contribution in [0.3, 0.4) is 0 Å². The smallest absolute Gasteiger partial charge is 0.167 e. The van der Waals surface area contributed by atoms with E-state index in [1.165, 1.54) is 16.7 Å². The summed E-state index contributed by atoms with van der Waals surface area (Å²) in [7, 11) is 0. The second kappa shape index (κ2) is 14.2. The Bertz CT molecular complexity index is 1350. The van der Waals surface area contributed by atoms with Gasteiger partial charge in [0, 0.05) is 11.3 Å². The maximum absolute atomic E-state index is 12.5. The average molecular weight is 583 g/mol. The molecule has 3 nitrogen and oxygen atoms in total. The number of ether oxygens (including phenoxy) is 1. The minimum Gasteiger partial charge on any atom is -0.389 e. The van der Waals surface area contributed by atoms with E-state index in [0.717, 1.165) is 24.0 Å². The predicted molar refractivity (Wildman–Crippen MR) is 183 cm³/mol. The fraction of sp³-hybridized carbons (Fsp3) is 0.475. The highest BCUT2D eigenvalue weighted by Gasteiger charge is 2.65. The van der Waals surface area contributed by atoms with Crippen molar-refractivity contribution in [3.05, 3.63) is 119 Å². The molecule has 2 fully saturated rings. The fourth-order valence-corrected chi connectivity index (χ4v) is 6.81. The largest absolute Gasteiger partial charge is 0.389 e. The summed E-state index contributed by atoms with van der Waals surface area (Å²) in [5.74, 6) is 0.479. The average Bonchev–Trinajstić information content (AvgIpc) is 3.31. The van der Waals surface area contributed by atoms with E-state index in [4.69, 9.17) is 4.74 Å². The van der Waals surface area contributed by atoms with E-state index in [-0.39, 0.29) is 34.7 Å². The van der Waals surface area contributed by atoms with Crippen molar-refractivity contribution in [2.75, 3.05) is 0 Å². The first-order chi connectivity index (χ1) is 20.1. The first-order valence-electron chi connectivity index (χ1n) is 15.7. The Kier molecular flexibility index (Phi) is 11.4. The summed E-state index contributed by atoms with van der Waals surface area (Å²) in [5.41, 5.74) is 5.41. The third kappa shape index (κ3) is 8.55. The van der Waals surface area contributed by atoms with Crippen LogP contribution >= 0.6 is 0 Å². The van der Waals surface area contributed by atoms with Crippen LogP contribution < -0.4 is 0 Å². The molecule has 0 unspecified atom stereocenters. The monoisotopic (exact) mass is 582 g/mol. The molecule has 2 heterocycles. The number of aliphatic hydroxyl groups excluding tert-OH is 1. The van der Waals surface area contributed by atoms with Crippen molar-refractivity contribution in [1.82, 2.24) is 0 Å². The molecule has 0 saturated carbocycles. The molecule has 232 valence electrons. The molecule has 0 radical (unpaired) electrons. The molecule has 0 aromatic heterocycles. The van der Waals surface area contributed by atoms with Crippen LogP contribution in [0.1, 0.15) is 82.1 Å². The Morgan fingerprint density at radius 3 is 1.86 bits per heavy atom. The van der Waals surface area contributed by atoms with Crippen LogP contribution in [0.25, 0.3) is 0 Å². The highest BCUT2D eigenvalue weighted by molar-refractivity contribution is 5.90. The maximum Gasteiger partial charge on any atom is 0.167 e. The first kappa shape index (κ1) is 34.5. The van der Waals surface area contributed by atoms with Crippen molar-refractivity contribution < 1.29 is 14.6 Å². The molecule has 1 N–H and O–H groups in total. The van der Waals surface area contributed by atoms with E-state index in [1.807, 2.05) is 13.0 Å². The summed E-state index contributed by atoms with van der Waals surface area (Å²) in [6.45, 7) is 21.4. The number of carbonyl (C=O) groups excluding carboxylic acids is 1. The van der Waals surface area contributed by atoms with E-state index in [2.05, 4.69) is 147 Å². The molecule has 0 aromatic rings. The van der Waals surface area contributed by atoms with E-state index >= 15 is 0 Å². The maximum atomic E-state index is 12.5. The number of allylic oxidation sites excluding steroid dienone is 18. The molecule has 0 spiro atoms. The van der Waals surface area contributed by atoms with Crippen molar-refractivity contribution in [1.29, 1.82) is 0 Å². The normalized spacial score (nSPS) is 32.1. The van der Waals surface area contributed by atoms with Crippen molar-refractivity contribution >= 4 is 5.78 Å². The lowest BCUT2D eigenvalue weighted by molar-refractivity contribution is -0.125. The van der Waals surface area contributed by atoms with Gasteiger partial charge in [0.1, 0.15) is 11.7 Å². The van der Waals surface area contributed by atoms with E-state index < -0.39 is 5.60 Å². The topological polar surface area (TPSA) is 46.5 Å². The van der Waals surface area contributed by atoms with Gasteiger partial charge in [0.2, 0.25) is 0 Å². The van der Waals surface area contributed by atoms with Crippen LogP contribution in [0.15, 0.2) is 119 Å². The molecule has 2 aliphatic heterocycles. The van der Waals surface area contributed by atoms with Crippen molar-refractivity contribution in [2.45, 2.75) is 99.9 Å². The second-order valence-electron chi connectivity index (χ2n) is 14.2. The Morgan fingerprint density at radius 1 is 0.814 bits per heavy atom. The zero-order valence-electron chi connectivity index (χ0n) is 28.1. The number of rotatable bonds is 10. The lowest BCUT2D eigenvalue weighted by Crippen LogP contribution is -2.47. The summed E-state index contributed by atoms with van der Waals surface area (Å²) in [6.07, 6.45) is 32.6. The van der Waals surface area contributed by atoms with Gasteiger partial charge in [-0.05, 0) is 52.9 Å². The number of carbonyl (C=O) groups is 1. The molecular formula is C40H54O3. The minimum atomic E-state index is -0.504. The van der Waals surface area contributed by atoms with E-state index in [0.29, 0.717) is 5.92 Å². The summed E-state index contributed by atoms with van der Waals surface area (Å²) < 4.78 is 6.22. The summed E-state index contributed by atoms with van der Waals surface area (Å²) in [4.78, 5) is 12.5. The molecule has 0 aromatic carbocycles. The van der Waals surface area contributed by atoms with Gasteiger partial charge in [-0.15, -0.1) is 0 Å². The minimum absolute atomic E-state index is 0.0471. The van der Waals surface area contributed by atoms with Gasteiger partial charge in [-0.1, -0.05) is 154 Å². The Morgan fingerprint density at radius 2 is 1.33 bits per heavy atom. The molecule has 3 heteroatoms. The van der Waals surface area contributed by atoms with Gasteiger partial charge in [0.05, 0.1) is 12.0 Å². The molecule has 43 heavy (non-hydrogen) atoms. The zero-order chi connectivity index (χ0) is 32.0. The van der Waals surface area contributed by atoms with Crippen LogP contribution in [0.4, 0.5) is 0 Å². The quantitative estimate of drug-likeness (QED) is 0.206. The Hall–Kier alpha value is -3.01. The number of hydrogen-bond donors (Lipinski definition) is 1.